The summed E-state index contributed by atoms with van der Waals surface area (Å²) in [6.07, 6.45) is 0.377. The van der Waals surface area contributed by atoms with E-state index >= 15 is 0 Å². The molecule has 1 amide bonds. The minimum atomic E-state index is -0.0876. The van der Waals surface area contributed by atoms with Gasteiger partial charge in [0.25, 0.3) is 0 Å². The summed E-state index contributed by atoms with van der Waals surface area (Å²) in [5, 5.41) is 10.7. The molecule has 0 aliphatic rings. The Bertz CT molecular complexity index is 792. The molecule has 126 valence electrons. The van der Waals surface area contributed by atoms with Gasteiger partial charge < -0.3 is 10.6 Å². The standard InChI is InChI=1S/C16H17N3O3S2/c1-3-13(21)17-15-14(18-16(19-22-2)24-10-20)12(9-23-15)11-7-5-4-6-8-11/h4-9,18-19H,3H2,1-2H3,(H,17,21). The van der Waals surface area contributed by atoms with Crippen molar-refractivity contribution in [2.75, 3.05) is 17.7 Å². The molecule has 0 spiro atoms. The van der Waals surface area contributed by atoms with Gasteiger partial charge in [-0.05, 0) is 16.5 Å². The van der Waals surface area contributed by atoms with Crippen LogP contribution in [0.5, 0.6) is 0 Å². The first-order valence-electron chi connectivity index (χ1n) is 7.13. The van der Waals surface area contributed by atoms with Gasteiger partial charge in [-0.3, -0.25) is 9.63 Å². The van der Waals surface area contributed by atoms with Crippen LogP contribution in [0.15, 0.2) is 35.7 Å². The highest BCUT2D eigenvalue weighted by atomic mass is 32.1. The van der Waals surface area contributed by atoms with Gasteiger partial charge in [-0.1, -0.05) is 37.3 Å². The Morgan fingerprint density at radius 1 is 1.29 bits per heavy atom. The van der Waals surface area contributed by atoms with E-state index in [1.54, 1.807) is 12.2 Å². The van der Waals surface area contributed by atoms with Gasteiger partial charge in [0.1, 0.15) is 5.00 Å². The maximum absolute atomic E-state index is 11.8. The van der Waals surface area contributed by atoms with Crippen molar-refractivity contribution < 1.29 is 14.4 Å². The van der Waals surface area contributed by atoms with Crippen molar-refractivity contribution in [2.24, 2.45) is 0 Å². The molecule has 3 N–H and O–H groups in total. The van der Waals surface area contributed by atoms with Crippen LogP contribution in [0.25, 0.3) is 11.1 Å². The Morgan fingerprint density at radius 2 is 2.04 bits per heavy atom. The van der Waals surface area contributed by atoms with Crippen LogP contribution < -0.4 is 16.1 Å². The zero-order valence-electron chi connectivity index (χ0n) is 13.2. The number of anilines is 2. The van der Waals surface area contributed by atoms with E-state index in [2.05, 4.69) is 16.1 Å². The Hall–Kier alpha value is -2.22. The van der Waals surface area contributed by atoms with Crippen LogP contribution in [-0.2, 0) is 14.4 Å². The van der Waals surface area contributed by atoms with E-state index in [1.807, 2.05) is 35.7 Å². The number of carbonyl (C=O) groups excluding carboxylic acids is 2. The van der Waals surface area contributed by atoms with Crippen LogP contribution in [0.1, 0.15) is 13.3 Å². The van der Waals surface area contributed by atoms with Gasteiger partial charge in [0, 0.05) is 17.4 Å². The summed E-state index contributed by atoms with van der Waals surface area (Å²) >= 11 is 1.41. The highest BCUT2D eigenvalue weighted by molar-refractivity contribution is 7.96. The maximum Gasteiger partial charge on any atom is 0.224 e. The highest BCUT2D eigenvalue weighted by Crippen LogP contribution is 2.40. The van der Waals surface area contributed by atoms with Crippen LogP contribution in [0.4, 0.5) is 10.7 Å². The molecular formula is C16H17N3O3S2. The molecule has 1 aromatic carbocycles. The second-order valence-electron chi connectivity index (χ2n) is 4.57. The zero-order valence-corrected chi connectivity index (χ0v) is 14.8. The summed E-state index contributed by atoms with van der Waals surface area (Å²) < 4.78 is 0. The molecule has 24 heavy (non-hydrogen) atoms. The molecular weight excluding hydrogens is 346 g/mol. The SMILES string of the molecule is CCC(=O)Nc1scc(-c2ccccc2)c1NC(NOC)=S=C=O. The Morgan fingerprint density at radius 3 is 2.67 bits per heavy atom. The molecule has 2 rings (SSSR count). The molecule has 1 aromatic heterocycles. The van der Waals surface area contributed by atoms with Gasteiger partial charge in [0.2, 0.25) is 5.91 Å². The molecule has 1 heterocycles. The van der Waals surface area contributed by atoms with Gasteiger partial charge in [-0.15, -0.1) is 16.8 Å². The zero-order chi connectivity index (χ0) is 17.4. The Kier molecular flexibility index (Phi) is 6.92. The van der Waals surface area contributed by atoms with Gasteiger partial charge in [-0.2, -0.15) is 0 Å². The monoisotopic (exact) mass is 363 g/mol. The minimum absolute atomic E-state index is 0.0876. The fourth-order valence-corrected chi connectivity index (χ4v) is 3.24. The third kappa shape index (κ3) is 4.64. The largest absolute Gasteiger partial charge is 0.333 e. The first kappa shape index (κ1) is 18.1. The van der Waals surface area contributed by atoms with Crippen molar-refractivity contribution in [3.63, 3.8) is 0 Å². The van der Waals surface area contributed by atoms with Gasteiger partial charge >= 0.3 is 0 Å². The second kappa shape index (κ2) is 9.17. The van der Waals surface area contributed by atoms with E-state index in [-0.39, 0.29) is 5.91 Å². The van der Waals surface area contributed by atoms with Crippen molar-refractivity contribution >= 4 is 49.2 Å². The molecule has 0 saturated carbocycles. The lowest BCUT2D eigenvalue weighted by Crippen LogP contribution is -2.28. The van der Waals surface area contributed by atoms with Crippen LogP contribution in [0.2, 0.25) is 0 Å². The normalized spacial score (nSPS) is 9.92. The van der Waals surface area contributed by atoms with Crippen molar-refractivity contribution in [3.05, 3.63) is 35.7 Å². The molecule has 0 bridgehead atoms. The number of rotatable bonds is 5. The fourth-order valence-electron chi connectivity index (χ4n) is 1.94. The highest BCUT2D eigenvalue weighted by Gasteiger charge is 2.16. The van der Waals surface area contributed by atoms with Gasteiger partial charge in [0.15, 0.2) is 10.3 Å². The predicted octanol–water partition coefficient (Wildman–Crippen LogP) is 3.21. The molecule has 0 radical (unpaired) electrons. The molecule has 2 aromatic rings. The van der Waals surface area contributed by atoms with Crippen molar-refractivity contribution in [1.82, 2.24) is 5.48 Å². The van der Waals surface area contributed by atoms with E-state index in [1.165, 1.54) is 18.4 Å². The summed E-state index contributed by atoms with van der Waals surface area (Å²) in [4.78, 5) is 27.3. The van der Waals surface area contributed by atoms with Crippen LogP contribution in [-0.4, -0.2) is 23.4 Å². The number of hydroxylamine groups is 1. The second-order valence-corrected chi connectivity index (χ2v) is 6.23. The molecule has 8 heteroatoms. The number of amides is 1. The molecule has 0 saturated heterocycles. The van der Waals surface area contributed by atoms with Crippen LogP contribution in [0.3, 0.4) is 0 Å². The number of nitrogens with one attached hydrogen (secondary N) is 3. The number of benzene rings is 1. The smallest absolute Gasteiger partial charge is 0.224 e. The Balaban J connectivity index is 2.47. The van der Waals surface area contributed by atoms with Crippen molar-refractivity contribution in [2.45, 2.75) is 13.3 Å². The lowest BCUT2D eigenvalue weighted by Gasteiger charge is -2.12. The summed E-state index contributed by atoms with van der Waals surface area (Å²) in [5.41, 5.74) is 5.18. The summed E-state index contributed by atoms with van der Waals surface area (Å²) in [5.74, 6) is -0.0876. The van der Waals surface area contributed by atoms with E-state index < -0.39 is 0 Å². The van der Waals surface area contributed by atoms with E-state index in [0.717, 1.165) is 22.1 Å². The van der Waals surface area contributed by atoms with Crippen molar-refractivity contribution in [3.8, 4) is 11.1 Å². The molecule has 0 fully saturated rings. The van der Waals surface area contributed by atoms with Gasteiger partial charge in [0.05, 0.1) is 12.8 Å². The lowest BCUT2D eigenvalue weighted by atomic mass is 10.1. The average molecular weight is 363 g/mol. The molecule has 0 unspecified atom stereocenters. The predicted molar refractivity (Wildman–Crippen MR) is 101 cm³/mol. The topological polar surface area (TPSA) is 79.5 Å². The van der Waals surface area contributed by atoms with Crippen LogP contribution in [0, 0.1) is 0 Å². The number of thiophene rings is 1. The quantitative estimate of drug-likeness (QED) is 0.561. The minimum Gasteiger partial charge on any atom is -0.333 e. The molecule has 6 nitrogen and oxygen atoms in total. The number of hydrogen-bond acceptors (Lipinski definition) is 4. The van der Waals surface area contributed by atoms with Crippen molar-refractivity contribution in [1.29, 1.82) is 0 Å². The maximum atomic E-state index is 11.8. The van der Waals surface area contributed by atoms with E-state index in [9.17, 15) is 9.59 Å². The number of carbonyl (C=O) groups is 1. The fraction of sp³-hybridized carbons (Fsp3) is 0.188. The first-order chi connectivity index (χ1) is 11.7. The van der Waals surface area contributed by atoms with E-state index in [0.29, 0.717) is 22.2 Å². The number of hydrogen-bond donors (Lipinski definition) is 3. The Labute approximate surface area is 147 Å². The summed E-state index contributed by atoms with van der Waals surface area (Å²) in [6.45, 7) is 1.79. The summed E-state index contributed by atoms with van der Waals surface area (Å²) in [7, 11) is 2.24. The molecule has 0 aliphatic heterocycles. The molecule has 0 atom stereocenters. The third-order valence-corrected chi connectivity index (χ3v) is 4.40. The van der Waals surface area contributed by atoms with E-state index in [4.69, 9.17) is 4.84 Å². The van der Waals surface area contributed by atoms with Gasteiger partial charge in [-0.25, -0.2) is 4.79 Å². The first-order valence-corrected chi connectivity index (χ1v) is 8.82. The van der Waals surface area contributed by atoms with Crippen LogP contribution >= 0.6 is 22.3 Å². The molecule has 0 aliphatic carbocycles. The summed E-state index contributed by atoms with van der Waals surface area (Å²) in [6, 6.07) is 9.76. The average Bonchev–Trinajstić information content (AvgIpc) is 2.98. The lowest BCUT2D eigenvalue weighted by molar-refractivity contribution is -0.115. The third-order valence-electron chi connectivity index (χ3n) is 3.03.